The number of amides is 1. The molecule has 0 unspecified atom stereocenters. The van der Waals surface area contributed by atoms with Crippen LogP contribution in [0.2, 0.25) is 0 Å². The van der Waals surface area contributed by atoms with Gasteiger partial charge in [0.2, 0.25) is 0 Å². The molecule has 6 nitrogen and oxygen atoms in total. The molecule has 0 spiro atoms. The molecular weight excluding hydrogens is 304 g/mol. The molecule has 0 bridgehead atoms. The summed E-state index contributed by atoms with van der Waals surface area (Å²) in [5.41, 5.74) is 4.22. The van der Waals surface area contributed by atoms with E-state index < -0.39 is 0 Å². The zero-order chi connectivity index (χ0) is 16.7. The second-order valence-electron chi connectivity index (χ2n) is 5.80. The van der Waals surface area contributed by atoms with Crippen molar-refractivity contribution in [3.8, 4) is 0 Å². The first kappa shape index (κ1) is 14.4. The minimum absolute atomic E-state index is 0.0788. The Morgan fingerprint density at radius 3 is 2.83 bits per heavy atom. The molecule has 1 aliphatic carbocycles. The molecule has 0 radical (unpaired) electrons. The van der Waals surface area contributed by atoms with E-state index in [9.17, 15) is 9.90 Å². The van der Waals surface area contributed by atoms with Gasteiger partial charge in [-0.25, -0.2) is 4.98 Å². The third kappa shape index (κ3) is 2.23. The smallest absolute Gasteiger partial charge is 0.261 e. The summed E-state index contributed by atoms with van der Waals surface area (Å²) < 4.78 is 2.00. The van der Waals surface area contributed by atoms with E-state index in [2.05, 4.69) is 15.3 Å². The van der Waals surface area contributed by atoms with Crippen LogP contribution >= 0.6 is 0 Å². The molecular formula is C18H16N4O2. The van der Waals surface area contributed by atoms with Gasteiger partial charge in [-0.05, 0) is 37.1 Å². The summed E-state index contributed by atoms with van der Waals surface area (Å²) in [5, 5.41) is 13.1. The molecule has 3 heterocycles. The number of nitrogens with zero attached hydrogens (tertiary/aromatic N) is 3. The van der Waals surface area contributed by atoms with Gasteiger partial charge in [-0.1, -0.05) is 6.07 Å². The lowest BCUT2D eigenvalue weighted by Crippen LogP contribution is -2.19. The lowest BCUT2D eigenvalue weighted by Gasteiger charge is -2.16. The number of carbonyl (C=O) groups excluding carboxylic acids is 1. The normalized spacial score (nSPS) is 13.9. The van der Waals surface area contributed by atoms with Crippen molar-refractivity contribution in [2.45, 2.75) is 19.8 Å². The topological polar surface area (TPSA) is 79.5 Å². The van der Waals surface area contributed by atoms with E-state index >= 15 is 0 Å². The number of carbonyl (C=O) groups is 1. The number of rotatable bonds is 2. The predicted octanol–water partition coefficient (Wildman–Crippen LogP) is 2.89. The maximum atomic E-state index is 12.7. The van der Waals surface area contributed by atoms with Crippen LogP contribution in [-0.2, 0) is 11.2 Å². The van der Waals surface area contributed by atoms with Crippen molar-refractivity contribution in [2.24, 2.45) is 0 Å². The zero-order valence-electron chi connectivity index (χ0n) is 13.2. The van der Waals surface area contributed by atoms with Gasteiger partial charge in [-0.2, -0.15) is 0 Å². The average Bonchev–Trinajstić information content (AvgIpc) is 2.95. The van der Waals surface area contributed by atoms with Crippen LogP contribution in [0.1, 0.15) is 23.4 Å². The summed E-state index contributed by atoms with van der Waals surface area (Å²) in [4.78, 5) is 21.2. The fraction of sp³-hybridized carbons (Fsp3) is 0.167. The molecule has 0 aliphatic heterocycles. The number of hydrogen-bond donors (Lipinski definition) is 2. The van der Waals surface area contributed by atoms with Crippen LogP contribution in [-0.4, -0.2) is 25.4 Å². The molecule has 2 N–H and O–H groups in total. The van der Waals surface area contributed by atoms with E-state index in [1.165, 1.54) is 0 Å². The second-order valence-corrected chi connectivity index (χ2v) is 5.80. The standard InChI is InChI=1S/C18H16N4O2/c1-11-3-2-10-22-13-4-5-14(23)15(16(13)21-17(11)22)18(24)20-12-6-8-19-9-7-12/h2-3,6-10,23H,4-5H2,1H3,(H,19,20,24). The van der Waals surface area contributed by atoms with Gasteiger partial charge in [0.1, 0.15) is 22.7 Å². The lowest BCUT2D eigenvalue weighted by molar-refractivity contribution is -0.111. The number of fused-ring (bicyclic) bond motifs is 3. The predicted molar refractivity (Wildman–Crippen MR) is 90.7 cm³/mol. The summed E-state index contributed by atoms with van der Waals surface area (Å²) in [6.45, 7) is 1.98. The van der Waals surface area contributed by atoms with Crippen molar-refractivity contribution >= 4 is 22.8 Å². The van der Waals surface area contributed by atoms with Crippen LogP contribution in [0.15, 0.2) is 48.6 Å². The van der Waals surface area contributed by atoms with Gasteiger partial charge >= 0.3 is 0 Å². The Bertz CT molecular complexity index is 973. The number of aliphatic hydroxyl groups excluding tert-OH is 1. The number of aryl methyl sites for hydroxylation is 2. The van der Waals surface area contributed by atoms with Crippen molar-refractivity contribution in [3.63, 3.8) is 0 Å². The lowest BCUT2D eigenvalue weighted by atomic mass is 9.97. The molecule has 0 fully saturated rings. The van der Waals surface area contributed by atoms with Crippen LogP contribution in [0.25, 0.3) is 11.2 Å². The number of hydrogen-bond acceptors (Lipinski definition) is 4. The Labute approximate surface area is 138 Å². The highest BCUT2D eigenvalue weighted by molar-refractivity contribution is 6.26. The molecule has 1 aliphatic rings. The minimum Gasteiger partial charge on any atom is -0.511 e. The third-order valence-corrected chi connectivity index (χ3v) is 4.23. The second kappa shape index (κ2) is 5.49. The maximum absolute atomic E-state index is 12.7. The Kier molecular flexibility index (Phi) is 3.30. The van der Waals surface area contributed by atoms with E-state index in [4.69, 9.17) is 0 Å². The molecule has 4 rings (SSSR count). The van der Waals surface area contributed by atoms with Gasteiger partial charge in [-0.15, -0.1) is 0 Å². The van der Waals surface area contributed by atoms with E-state index in [1.807, 2.05) is 29.7 Å². The van der Waals surface area contributed by atoms with E-state index in [1.54, 1.807) is 24.5 Å². The number of pyridine rings is 2. The van der Waals surface area contributed by atoms with Gasteiger partial charge in [0, 0.05) is 30.7 Å². The summed E-state index contributed by atoms with van der Waals surface area (Å²) in [5.74, 6) is -0.282. The van der Waals surface area contributed by atoms with Crippen LogP contribution < -0.4 is 5.32 Å². The van der Waals surface area contributed by atoms with Crippen molar-refractivity contribution < 1.29 is 9.90 Å². The summed E-state index contributed by atoms with van der Waals surface area (Å²) >= 11 is 0. The highest BCUT2D eigenvalue weighted by atomic mass is 16.3. The number of aromatic nitrogens is 3. The molecule has 0 saturated carbocycles. The van der Waals surface area contributed by atoms with E-state index in [0.29, 0.717) is 24.2 Å². The first-order valence-corrected chi connectivity index (χ1v) is 7.75. The number of nitrogens with one attached hydrogen (secondary N) is 1. The molecule has 24 heavy (non-hydrogen) atoms. The zero-order valence-corrected chi connectivity index (χ0v) is 13.2. The van der Waals surface area contributed by atoms with Crippen LogP contribution in [0, 0.1) is 6.92 Å². The van der Waals surface area contributed by atoms with Crippen molar-refractivity contribution in [2.75, 3.05) is 5.32 Å². The van der Waals surface area contributed by atoms with Gasteiger partial charge in [0.25, 0.3) is 5.91 Å². The molecule has 0 aromatic carbocycles. The Balaban J connectivity index is 1.80. The number of anilines is 1. The number of aliphatic hydroxyl groups is 1. The average molecular weight is 320 g/mol. The Hall–Kier alpha value is -3.15. The fourth-order valence-electron chi connectivity index (χ4n) is 3.06. The molecule has 6 heteroatoms. The quantitative estimate of drug-likeness (QED) is 0.761. The van der Waals surface area contributed by atoms with Crippen molar-refractivity contribution in [1.29, 1.82) is 0 Å². The van der Waals surface area contributed by atoms with Gasteiger partial charge in [-0.3, -0.25) is 9.78 Å². The first-order valence-electron chi connectivity index (χ1n) is 7.75. The molecule has 0 saturated heterocycles. The Morgan fingerprint density at radius 2 is 2.04 bits per heavy atom. The highest BCUT2D eigenvalue weighted by Gasteiger charge is 2.29. The molecule has 120 valence electrons. The van der Waals surface area contributed by atoms with Gasteiger partial charge in [0.15, 0.2) is 0 Å². The minimum atomic E-state index is -0.360. The number of imidazole rings is 1. The largest absolute Gasteiger partial charge is 0.511 e. The first-order chi connectivity index (χ1) is 11.6. The van der Waals surface area contributed by atoms with Crippen molar-refractivity contribution in [3.05, 3.63) is 65.6 Å². The Morgan fingerprint density at radius 1 is 1.25 bits per heavy atom. The monoisotopic (exact) mass is 320 g/mol. The fourth-order valence-corrected chi connectivity index (χ4v) is 3.06. The van der Waals surface area contributed by atoms with Gasteiger partial charge < -0.3 is 14.8 Å². The van der Waals surface area contributed by atoms with Crippen LogP contribution in [0.5, 0.6) is 0 Å². The summed E-state index contributed by atoms with van der Waals surface area (Å²) in [7, 11) is 0. The van der Waals surface area contributed by atoms with Crippen molar-refractivity contribution in [1.82, 2.24) is 14.4 Å². The van der Waals surface area contributed by atoms with Crippen LogP contribution in [0.3, 0.4) is 0 Å². The van der Waals surface area contributed by atoms with Gasteiger partial charge in [0.05, 0.1) is 5.69 Å². The van der Waals surface area contributed by atoms with E-state index in [0.717, 1.165) is 16.9 Å². The van der Waals surface area contributed by atoms with E-state index in [-0.39, 0.29) is 17.2 Å². The molecule has 3 aromatic rings. The maximum Gasteiger partial charge on any atom is 0.261 e. The SMILES string of the molecule is Cc1cccn2c3c(nc12)C(C(=O)Nc1ccncc1)=C(O)CC3. The highest BCUT2D eigenvalue weighted by Crippen LogP contribution is 2.32. The van der Waals surface area contributed by atoms with Crippen LogP contribution in [0.4, 0.5) is 5.69 Å². The summed E-state index contributed by atoms with van der Waals surface area (Å²) in [6, 6.07) is 7.34. The summed E-state index contributed by atoms with van der Waals surface area (Å²) in [6.07, 6.45) is 6.22. The third-order valence-electron chi connectivity index (χ3n) is 4.23. The molecule has 1 amide bonds. The molecule has 3 aromatic heterocycles. The molecule has 0 atom stereocenters. The number of allylic oxidation sites excluding steroid dienone is 1.